The molecular formula is C13H18N2O. The predicted molar refractivity (Wildman–Crippen MR) is 64.2 cm³/mol. The van der Waals surface area contributed by atoms with Crippen LogP contribution in [-0.4, -0.2) is 13.2 Å². The lowest BCUT2D eigenvalue weighted by molar-refractivity contribution is 0.401. The van der Waals surface area contributed by atoms with E-state index in [-0.39, 0.29) is 6.04 Å². The van der Waals surface area contributed by atoms with Crippen molar-refractivity contribution in [1.29, 1.82) is 5.26 Å². The lowest BCUT2D eigenvalue weighted by Gasteiger charge is -2.18. The second-order valence-electron chi connectivity index (χ2n) is 3.78. The first kappa shape index (κ1) is 12.5. The molecule has 1 rings (SSSR count). The maximum atomic E-state index is 9.18. The normalized spacial score (nSPS) is 13.9. The molecule has 2 atom stereocenters. The number of nitrogens with one attached hydrogen (secondary N) is 1. The van der Waals surface area contributed by atoms with E-state index in [2.05, 4.69) is 25.2 Å². The number of methoxy groups -OCH3 is 1. The SMILES string of the molecule is CCC(C)NC(C#N)c1ccccc1OC. The monoisotopic (exact) mass is 218 g/mol. The Morgan fingerprint density at radius 1 is 1.44 bits per heavy atom. The van der Waals surface area contributed by atoms with Gasteiger partial charge in [0.05, 0.1) is 13.2 Å². The molecule has 0 aliphatic heterocycles. The number of rotatable bonds is 5. The molecule has 2 unspecified atom stereocenters. The third-order valence-electron chi connectivity index (χ3n) is 2.64. The standard InChI is InChI=1S/C13H18N2O/c1-4-10(2)15-12(9-14)11-7-5-6-8-13(11)16-3/h5-8,10,12,15H,4H2,1-3H3. The second-order valence-corrected chi connectivity index (χ2v) is 3.78. The molecule has 1 aromatic rings. The fourth-order valence-corrected chi connectivity index (χ4v) is 1.50. The zero-order chi connectivity index (χ0) is 12.0. The molecule has 86 valence electrons. The highest BCUT2D eigenvalue weighted by Gasteiger charge is 2.16. The van der Waals surface area contributed by atoms with Crippen LogP contribution >= 0.6 is 0 Å². The Kier molecular flexibility index (Phi) is 4.81. The summed E-state index contributed by atoms with van der Waals surface area (Å²) in [7, 11) is 1.62. The van der Waals surface area contributed by atoms with Crippen molar-refractivity contribution in [1.82, 2.24) is 5.32 Å². The third kappa shape index (κ3) is 2.98. The van der Waals surface area contributed by atoms with E-state index in [0.29, 0.717) is 6.04 Å². The molecule has 0 saturated carbocycles. The van der Waals surface area contributed by atoms with E-state index in [4.69, 9.17) is 4.74 Å². The summed E-state index contributed by atoms with van der Waals surface area (Å²) in [5.74, 6) is 0.754. The van der Waals surface area contributed by atoms with E-state index in [1.165, 1.54) is 0 Å². The quantitative estimate of drug-likeness (QED) is 0.826. The molecule has 0 saturated heterocycles. The van der Waals surface area contributed by atoms with Gasteiger partial charge in [-0.25, -0.2) is 0 Å². The fourth-order valence-electron chi connectivity index (χ4n) is 1.50. The summed E-state index contributed by atoms with van der Waals surface area (Å²) in [6.45, 7) is 4.16. The maximum absolute atomic E-state index is 9.18. The van der Waals surface area contributed by atoms with Crippen LogP contribution < -0.4 is 10.1 Å². The van der Waals surface area contributed by atoms with Gasteiger partial charge in [0.15, 0.2) is 0 Å². The molecule has 3 heteroatoms. The minimum atomic E-state index is -0.314. The van der Waals surface area contributed by atoms with E-state index in [1.807, 2.05) is 24.3 Å². The smallest absolute Gasteiger partial charge is 0.125 e. The Balaban J connectivity index is 2.91. The molecule has 0 spiro atoms. The molecule has 1 aromatic carbocycles. The molecule has 3 nitrogen and oxygen atoms in total. The Morgan fingerprint density at radius 3 is 2.69 bits per heavy atom. The summed E-state index contributed by atoms with van der Waals surface area (Å²) in [4.78, 5) is 0. The van der Waals surface area contributed by atoms with Gasteiger partial charge in [0.1, 0.15) is 11.8 Å². The first-order chi connectivity index (χ1) is 7.72. The Bertz CT molecular complexity index is 370. The van der Waals surface area contributed by atoms with Crippen molar-refractivity contribution in [2.24, 2.45) is 0 Å². The summed E-state index contributed by atoms with van der Waals surface area (Å²) in [6.07, 6.45) is 0.993. The van der Waals surface area contributed by atoms with E-state index in [0.717, 1.165) is 17.7 Å². The van der Waals surface area contributed by atoms with Crippen molar-refractivity contribution in [2.45, 2.75) is 32.4 Å². The largest absolute Gasteiger partial charge is 0.496 e. The number of hydrogen-bond donors (Lipinski definition) is 1. The number of para-hydroxylation sites is 1. The van der Waals surface area contributed by atoms with Crippen LogP contribution in [0.2, 0.25) is 0 Å². The van der Waals surface area contributed by atoms with Gasteiger partial charge in [0.25, 0.3) is 0 Å². The molecule has 0 bridgehead atoms. The van der Waals surface area contributed by atoms with Gasteiger partial charge in [0.2, 0.25) is 0 Å². The number of nitriles is 1. The zero-order valence-corrected chi connectivity index (χ0v) is 10.0. The van der Waals surface area contributed by atoms with E-state index in [9.17, 15) is 5.26 Å². The number of nitrogens with zero attached hydrogens (tertiary/aromatic N) is 1. The lowest BCUT2D eigenvalue weighted by atomic mass is 10.1. The molecule has 0 amide bonds. The molecule has 16 heavy (non-hydrogen) atoms. The van der Waals surface area contributed by atoms with Crippen molar-refractivity contribution in [3.63, 3.8) is 0 Å². The first-order valence-electron chi connectivity index (χ1n) is 5.51. The van der Waals surface area contributed by atoms with Crippen molar-refractivity contribution in [2.75, 3.05) is 7.11 Å². The molecule has 0 aromatic heterocycles. The maximum Gasteiger partial charge on any atom is 0.125 e. The summed E-state index contributed by atoms with van der Waals surface area (Å²) in [6, 6.07) is 9.88. The highest BCUT2D eigenvalue weighted by Crippen LogP contribution is 2.24. The molecule has 0 aliphatic carbocycles. The highest BCUT2D eigenvalue weighted by molar-refractivity contribution is 5.38. The van der Waals surface area contributed by atoms with Crippen molar-refractivity contribution >= 4 is 0 Å². The topological polar surface area (TPSA) is 45.0 Å². The molecular weight excluding hydrogens is 200 g/mol. The highest BCUT2D eigenvalue weighted by atomic mass is 16.5. The van der Waals surface area contributed by atoms with Gasteiger partial charge < -0.3 is 4.74 Å². The van der Waals surface area contributed by atoms with Gasteiger partial charge in [-0.3, -0.25) is 5.32 Å². The Hall–Kier alpha value is -1.53. The average Bonchev–Trinajstić information content (AvgIpc) is 2.35. The second kappa shape index (κ2) is 6.14. The third-order valence-corrected chi connectivity index (χ3v) is 2.64. The van der Waals surface area contributed by atoms with Gasteiger partial charge in [-0.15, -0.1) is 0 Å². The van der Waals surface area contributed by atoms with Crippen LogP contribution in [0.3, 0.4) is 0 Å². The van der Waals surface area contributed by atoms with E-state index < -0.39 is 0 Å². The predicted octanol–water partition coefficient (Wildman–Crippen LogP) is 2.65. The van der Waals surface area contributed by atoms with Crippen LogP contribution in [0.4, 0.5) is 0 Å². The Labute approximate surface area is 97.0 Å². The summed E-state index contributed by atoms with van der Waals surface area (Å²) in [5.41, 5.74) is 0.896. The summed E-state index contributed by atoms with van der Waals surface area (Å²) in [5, 5.41) is 12.4. The van der Waals surface area contributed by atoms with Crippen LogP contribution in [0.25, 0.3) is 0 Å². The van der Waals surface area contributed by atoms with E-state index in [1.54, 1.807) is 7.11 Å². The van der Waals surface area contributed by atoms with Crippen molar-refractivity contribution in [3.05, 3.63) is 29.8 Å². The minimum Gasteiger partial charge on any atom is -0.496 e. The molecule has 0 aliphatic rings. The van der Waals surface area contributed by atoms with E-state index >= 15 is 0 Å². The number of ether oxygens (including phenoxy) is 1. The van der Waals surface area contributed by atoms with Gasteiger partial charge >= 0.3 is 0 Å². The van der Waals surface area contributed by atoms with Crippen molar-refractivity contribution in [3.8, 4) is 11.8 Å². The number of hydrogen-bond acceptors (Lipinski definition) is 3. The van der Waals surface area contributed by atoms with Crippen LogP contribution in [0, 0.1) is 11.3 Å². The Morgan fingerprint density at radius 2 is 2.12 bits per heavy atom. The zero-order valence-electron chi connectivity index (χ0n) is 10.0. The molecule has 0 heterocycles. The molecule has 0 fully saturated rings. The first-order valence-corrected chi connectivity index (χ1v) is 5.51. The lowest BCUT2D eigenvalue weighted by Crippen LogP contribution is -2.29. The van der Waals surface area contributed by atoms with Gasteiger partial charge in [-0.2, -0.15) is 5.26 Å². The van der Waals surface area contributed by atoms with Crippen LogP contribution in [0.15, 0.2) is 24.3 Å². The van der Waals surface area contributed by atoms with Crippen LogP contribution in [0.1, 0.15) is 31.9 Å². The average molecular weight is 218 g/mol. The summed E-state index contributed by atoms with van der Waals surface area (Å²) < 4.78 is 5.25. The fraction of sp³-hybridized carbons (Fsp3) is 0.462. The van der Waals surface area contributed by atoms with Gasteiger partial charge in [-0.05, 0) is 19.4 Å². The molecule has 0 radical (unpaired) electrons. The molecule has 1 N–H and O–H groups in total. The summed E-state index contributed by atoms with van der Waals surface area (Å²) >= 11 is 0. The van der Waals surface area contributed by atoms with Gasteiger partial charge in [-0.1, -0.05) is 25.1 Å². The van der Waals surface area contributed by atoms with Crippen LogP contribution in [-0.2, 0) is 0 Å². The minimum absolute atomic E-state index is 0.314. The van der Waals surface area contributed by atoms with Crippen LogP contribution in [0.5, 0.6) is 5.75 Å². The van der Waals surface area contributed by atoms with Crippen molar-refractivity contribution < 1.29 is 4.74 Å². The van der Waals surface area contributed by atoms with Gasteiger partial charge in [0, 0.05) is 11.6 Å². The number of benzene rings is 1.